The summed E-state index contributed by atoms with van der Waals surface area (Å²) in [7, 11) is -9.44. The van der Waals surface area contributed by atoms with E-state index in [-0.39, 0.29) is 0 Å². The molecule has 4 rings (SSSR count). The minimum atomic E-state index is -4.80. The van der Waals surface area contributed by atoms with Crippen LogP contribution in [-0.2, 0) is 24.9 Å². The molecular formula is C19H24N4O9P2. The van der Waals surface area contributed by atoms with Gasteiger partial charge in [-0.1, -0.05) is 30.3 Å². The van der Waals surface area contributed by atoms with Gasteiger partial charge in [-0.3, -0.25) is 9.13 Å². The van der Waals surface area contributed by atoms with Crippen LogP contribution in [0.2, 0.25) is 0 Å². The van der Waals surface area contributed by atoms with Crippen molar-refractivity contribution in [1.29, 1.82) is 0 Å². The molecule has 15 heteroatoms. The Hall–Kier alpha value is -2.18. The van der Waals surface area contributed by atoms with Crippen molar-refractivity contribution in [1.82, 2.24) is 14.6 Å². The maximum atomic E-state index is 11.9. The van der Waals surface area contributed by atoms with E-state index in [9.17, 15) is 24.2 Å². The van der Waals surface area contributed by atoms with Crippen LogP contribution in [0.3, 0.4) is 0 Å². The van der Waals surface area contributed by atoms with E-state index in [0.717, 1.165) is 5.56 Å². The molecular weight excluding hydrogens is 490 g/mol. The number of hydrogen-bond acceptors (Lipinski definition) is 9. The monoisotopic (exact) mass is 514 g/mol. The number of fused-ring (bicyclic) bond motifs is 1. The van der Waals surface area contributed by atoms with Gasteiger partial charge in [0, 0.05) is 6.54 Å². The molecule has 2 aromatic heterocycles. The molecule has 1 aliphatic rings. The van der Waals surface area contributed by atoms with Crippen molar-refractivity contribution in [3.8, 4) is 0 Å². The van der Waals surface area contributed by atoms with Gasteiger partial charge in [0.1, 0.15) is 36.3 Å². The van der Waals surface area contributed by atoms with Crippen LogP contribution < -0.4 is 5.32 Å². The first-order chi connectivity index (χ1) is 16.0. The van der Waals surface area contributed by atoms with Crippen molar-refractivity contribution in [3.63, 3.8) is 0 Å². The summed E-state index contributed by atoms with van der Waals surface area (Å²) >= 11 is 0. The fraction of sp³-hybridized carbons (Fsp3) is 0.368. The normalized spacial score (nSPS) is 24.9. The van der Waals surface area contributed by atoms with Crippen LogP contribution >= 0.6 is 15.2 Å². The molecule has 6 N–H and O–H groups in total. The van der Waals surface area contributed by atoms with E-state index < -0.39 is 52.1 Å². The highest BCUT2D eigenvalue weighted by atomic mass is 31.2. The molecule has 0 saturated carbocycles. The first-order valence-corrected chi connectivity index (χ1v) is 13.7. The number of anilines is 1. The van der Waals surface area contributed by atoms with Gasteiger partial charge in [0.25, 0.3) is 0 Å². The lowest BCUT2D eigenvalue weighted by atomic mass is 10.1. The molecule has 34 heavy (non-hydrogen) atoms. The highest BCUT2D eigenvalue weighted by Gasteiger charge is 2.46. The van der Waals surface area contributed by atoms with Crippen molar-refractivity contribution in [2.24, 2.45) is 0 Å². The number of ether oxygens (including phenoxy) is 1. The van der Waals surface area contributed by atoms with E-state index >= 15 is 0 Å². The summed E-state index contributed by atoms with van der Waals surface area (Å²) in [6.07, 6.45) is -3.85. The molecule has 3 aromatic rings. The zero-order chi connectivity index (χ0) is 24.5. The van der Waals surface area contributed by atoms with E-state index in [1.54, 1.807) is 12.1 Å². The fourth-order valence-electron chi connectivity index (χ4n) is 3.68. The van der Waals surface area contributed by atoms with Gasteiger partial charge in [0.15, 0.2) is 11.7 Å². The number of benzene rings is 1. The minimum Gasteiger partial charge on any atom is -0.387 e. The van der Waals surface area contributed by atoms with Gasteiger partial charge in [0.2, 0.25) is 0 Å². The molecule has 1 saturated heterocycles. The topological polar surface area (TPSA) is 196 Å². The molecule has 184 valence electrons. The Morgan fingerprint density at radius 3 is 2.50 bits per heavy atom. The quantitative estimate of drug-likeness (QED) is 0.221. The summed E-state index contributed by atoms with van der Waals surface area (Å²) in [4.78, 5) is 31.7. The standard InChI is InChI=1S/C19H24N4O9P2/c24-16-15(9-31-34(29,30)11-33(26,27)28)32-18(17(16)25)13-6-7-14-19(21-10-22-23(13)14)20-8-12-4-2-1-3-5-12/h1-7,10,15-18,24-25H,8-9,11H2,(H,29,30)(H,20,21,22)(H2,26,27,28). The average molecular weight is 514 g/mol. The number of rotatable bonds is 9. The zero-order valence-electron chi connectivity index (χ0n) is 17.7. The Labute approximate surface area is 193 Å². The molecule has 0 amide bonds. The molecule has 0 aliphatic carbocycles. The summed E-state index contributed by atoms with van der Waals surface area (Å²) in [5.41, 5.74) is 2.04. The van der Waals surface area contributed by atoms with E-state index in [1.807, 2.05) is 30.3 Å². The SMILES string of the molecule is O=P(O)(O)CP(=O)(O)OCC1OC(c2ccc3c(NCc4ccccc4)ncnn23)C(O)C1O. The Morgan fingerprint density at radius 2 is 1.79 bits per heavy atom. The van der Waals surface area contributed by atoms with Crippen LogP contribution in [0.1, 0.15) is 17.4 Å². The van der Waals surface area contributed by atoms with Gasteiger partial charge in [-0.25, -0.2) is 9.50 Å². The maximum Gasteiger partial charge on any atom is 0.340 e. The highest BCUT2D eigenvalue weighted by Crippen LogP contribution is 2.55. The third-order valence-corrected chi connectivity index (χ3v) is 8.70. The van der Waals surface area contributed by atoms with Crippen molar-refractivity contribution in [3.05, 3.63) is 60.0 Å². The fourth-order valence-corrected chi connectivity index (χ4v) is 6.25. The number of nitrogens with zero attached hydrogens (tertiary/aromatic N) is 3. The molecule has 0 radical (unpaired) electrons. The van der Waals surface area contributed by atoms with E-state index in [4.69, 9.17) is 19.0 Å². The first-order valence-electron chi connectivity index (χ1n) is 10.2. The predicted octanol–water partition coefficient (Wildman–Crippen LogP) is 0.840. The Balaban J connectivity index is 1.48. The molecule has 3 heterocycles. The van der Waals surface area contributed by atoms with Crippen LogP contribution in [0.15, 0.2) is 48.8 Å². The number of aromatic nitrogens is 3. The maximum absolute atomic E-state index is 11.9. The zero-order valence-corrected chi connectivity index (χ0v) is 19.4. The highest BCUT2D eigenvalue weighted by molar-refractivity contribution is 7.70. The Morgan fingerprint density at radius 1 is 1.06 bits per heavy atom. The van der Waals surface area contributed by atoms with E-state index in [2.05, 4.69) is 15.4 Å². The summed E-state index contributed by atoms with van der Waals surface area (Å²) in [5, 5.41) is 28.3. The van der Waals surface area contributed by atoms with Crippen molar-refractivity contribution < 1.29 is 43.3 Å². The lowest BCUT2D eigenvalue weighted by Crippen LogP contribution is -2.33. The van der Waals surface area contributed by atoms with Crippen molar-refractivity contribution >= 4 is 26.5 Å². The molecule has 5 unspecified atom stereocenters. The van der Waals surface area contributed by atoms with Gasteiger partial charge >= 0.3 is 15.2 Å². The Bertz CT molecular complexity index is 1230. The van der Waals surface area contributed by atoms with Crippen LogP contribution in [-0.4, -0.2) is 70.3 Å². The number of hydrogen-bond donors (Lipinski definition) is 6. The van der Waals surface area contributed by atoms with Gasteiger partial charge in [-0.05, 0) is 17.7 Å². The van der Waals surface area contributed by atoms with E-state index in [1.165, 1.54) is 10.8 Å². The molecule has 1 aliphatic heterocycles. The van der Waals surface area contributed by atoms with E-state index in [0.29, 0.717) is 23.6 Å². The molecule has 5 atom stereocenters. The summed E-state index contributed by atoms with van der Waals surface area (Å²) in [6.45, 7) is -0.144. The minimum absolute atomic E-state index is 0.400. The average Bonchev–Trinajstić information content (AvgIpc) is 3.32. The number of aliphatic hydroxyl groups excluding tert-OH is 2. The molecule has 0 spiro atoms. The summed E-state index contributed by atoms with van der Waals surface area (Å²) in [6, 6.07) is 13.1. The van der Waals surface area contributed by atoms with Gasteiger partial charge in [-0.2, -0.15) is 5.10 Å². The van der Waals surface area contributed by atoms with Crippen molar-refractivity contribution in [2.45, 2.75) is 31.0 Å². The van der Waals surface area contributed by atoms with Gasteiger partial charge in [-0.15, -0.1) is 0 Å². The van der Waals surface area contributed by atoms with Crippen LogP contribution in [0, 0.1) is 0 Å². The summed E-state index contributed by atoms with van der Waals surface area (Å²) < 4.78 is 34.8. The third-order valence-electron chi connectivity index (χ3n) is 5.24. The van der Waals surface area contributed by atoms with Crippen LogP contribution in [0.5, 0.6) is 0 Å². The predicted molar refractivity (Wildman–Crippen MR) is 119 cm³/mol. The molecule has 1 aromatic carbocycles. The Kier molecular flexibility index (Phi) is 7.20. The second kappa shape index (κ2) is 9.82. The largest absolute Gasteiger partial charge is 0.387 e. The lowest BCUT2D eigenvalue weighted by molar-refractivity contribution is -0.0203. The lowest BCUT2D eigenvalue weighted by Gasteiger charge is -2.18. The third kappa shape index (κ3) is 5.72. The first kappa shape index (κ1) is 24.9. The number of aliphatic hydroxyl groups is 2. The number of nitrogens with one attached hydrogen (secondary N) is 1. The van der Waals surface area contributed by atoms with Gasteiger partial charge < -0.3 is 39.5 Å². The second-order valence-corrected chi connectivity index (χ2v) is 11.8. The van der Waals surface area contributed by atoms with Crippen LogP contribution in [0.4, 0.5) is 5.82 Å². The molecule has 1 fully saturated rings. The van der Waals surface area contributed by atoms with Crippen molar-refractivity contribution in [2.75, 3.05) is 17.8 Å². The summed E-state index contributed by atoms with van der Waals surface area (Å²) in [5.74, 6) is -0.829. The molecule has 13 nitrogen and oxygen atoms in total. The molecule has 0 bridgehead atoms. The smallest absolute Gasteiger partial charge is 0.340 e. The van der Waals surface area contributed by atoms with Crippen LogP contribution in [0.25, 0.3) is 5.52 Å². The second-order valence-electron chi connectivity index (χ2n) is 7.82. The van der Waals surface area contributed by atoms with Gasteiger partial charge in [0.05, 0.1) is 12.3 Å².